The zero-order valence-corrected chi connectivity index (χ0v) is 23.0. The molecule has 0 aliphatic heterocycles. The van der Waals surface area contributed by atoms with Crippen LogP contribution in [0.3, 0.4) is 0 Å². The lowest BCUT2D eigenvalue weighted by atomic mass is 9.81. The smallest absolute Gasteiger partial charge is 0.000719 e. The maximum atomic E-state index is 2.36. The molecular formula is C42H26. The molecule has 0 spiro atoms. The van der Waals surface area contributed by atoms with Crippen LogP contribution in [0.15, 0.2) is 158 Å². The molecule has 0 radical (unpaired) electrons. The summed E-state index contributed by atoms with van der Waals surface area (Å²) in [4.78, 5) is 0. The average molecular weight is 531 g/mol. The Morgan fingerprint density at radius 1 is 0.238 bits per heavy atom. The molecule has 194 valence electrons. The summed E-state index contributed by atoms with van der Waals surface area (Å²) in [6, 6.07) is 57.9. The van der Waals surface area contributed by atoms with Gasteiger partial charge in [-0.05, 0) is 88.0 Å². The van der Waals surface area contributed by atoms with Crippen LogP contribution in [0.2, 0.25) is 0 Å². The van der Waals surface area contributed by atoms with Gasteiger partial charge in [0.05, 0.1) is 0 Å². The first-order chi connectivity index (χ1) is 20.9. The Bertz CT molecular complexity index is 2320. The summed E-state index contributed by atoms with van der Waals surface area (Å²) in [5, 5.41) is 7.78. The minimum atomic E-state index is 1.24. The first-order valence-electron chi connectivity index (χ1n) is 14.6. The van der Waals surface area contributed by atoms with Crippen LogP contribution in [0.5, 0.6) is 0 Å². The van der Waals surface area contributed by atoms with Crippen molar-refractivity contribution in [2.24, 2.45) is 0 Å². The fourth-order valence-corrected chi connectivity index (χ4v) is 7.31. The maximum Gasteiger partial charge on any atom is -0.000719 e. The van der Waals surface area contributed by atoms with Gasteiger partial charge in [-0.3, -0.25) is 0 Å². The molecule has 1 aliphatic carbocycles. The number of benzene rings is 8. The normalized spacial score (nSPS) is 11.8. The Morgan fingerprint density at radius 2 is 0.714 bits per heavy atom. The molecule has 8 aromatic carbocycles. The lowest BCUT2D eigenvalue weighted by Crippen LogP contribution is -1.94. The van der Waals surface area contributed by atoms with Crippen LogP contribution < -0.4 is 0 Å². The molecule has 8 aromatic rings. The quantitative estimate of drug-likeness (QED) is 0.213. The van der Waals surface area contributed by atoms with Gasteiger partial charge in [0.25, 0.3) is 0 Å². The van der Waals surface area contributed by atoms with Gasteiger partial charge in [-0.15, -0.1) is 0 Å². The average Bonchev–Trinajstić information content (AvgIpc) is 3.39. The zero-order chi connectivity index (χ0) is 27.6. The van der Waals surface area contributed by atoms with Crippen LogP contribution >= 0.6 is 0 Å². The highest BCUT2D eigenvalue weighted by Gasteiger charge is 2.30. The van der Waals surface area contributed by atoms with Crippen LogP contribution in [-0.2, 0) is 0 Å². The fourth-order valence-electron chi connectivity index (χ4n) is 7.31. The van der Waals surface area contributed by atoms with E-state index in [0.29, 0.717) is 0 Å². The monoisotopic (exact) mass is 530 g/mol. The van der Waals surface area contributed by atoms with Crippen LogP contribution in [0.25, 0.3) is 88.0 Å². The van der Waals surface area contributed by atoms with E-state index in [1.54, 1.807) is 0 Å². The van der Waals surface area contributed by atoms with E-state index in [4.69, 9.17) is 0 Å². The second-order valence-electron chi connectivity index (χ2n) is 11.2. The van der Waals surface area contributed by atoms with Crippen molar-refractivity contribution in [3.05, 3.63) is 158 Å². The summed E-state index contributed by atoms with van der Waals surface area (Å²) in [5.41, 5.74) is 13.0. The van der Waals surface area contributed by atoms with Gasteiger partial charge < -0.3 is 0 Å². The second kappa shape index (κ2) is 9.03. The second-order valence-corrected chi connectivity index (χ2v) is 11.2. The number of hydrogen-bond acceptors (Lipinski definition) is 0. The molecule has 9 rings (SSSR count). The largest absolute Gasteiger partial charge is 0.0622 e. The van der Waals surface area contributed by atoms with Crippen molar-refractivity contribution in [1.29, 1.82) is 0 Å². The molecule has 0 saturated heterocycles. The Hall–Kier alpha value is -5.46. The van der Waals surface area contributed by atoms with E-state index in [0.717, 1.165) is 0 Å². The van der Waals surface area contributed by atoms with E-state index in [2.05, 4.69) is 158 Å². The van der Waals surface area contributed by atoms with Crippen LogP contribution in [0.4, 0.5) is 0 Å². The molecule has 0 aromatic heterocycles. The van der Waals surface area contributed by atoms with Crippen molar-refractivity contribution >= 4 is 32.3 Å². The van der Waals surface area contributed by atoms with Gasteiger partial charge in [0.15, 0.2) is 0 Å². The van der Waals surface area contributed by atoms with Crippen LogP contribution in [0.1, 0.15) is 0 Å². The van der Waals surface area contributed by atoms with Gasteiger partial charge in [-0.25, -0.2) is 0 Å². The van der Waals surface area contributed by atoms with E-state index in [1.165, 1.54) is 88.0 Å². The Morgan fingerprint density at radius 3 is 1.36 bits per heavy atom. The lowest BCUT2D eigenvalue weighted by Gasteiger charge is -2.22. The van der Waals surface area contributed by atoms with Crippen molar-refractivity contribution in [1.82, 2.24) is 0 Å². The molecule has 0 heteroatoms. The van der Waals surface area contributed by atoms with Crippen molar-refractivity contribution < 1.29 is 0 Å². The molecular weight excluding hydrogens is 504 g/mol. The van der Waals surface area contributed by atoms with E-state index in [9.17, 15) is 0 Å². The van der Waals surface area contributed by atoms with Crippen molar-refractivity contribution in [3.63, 3.8) is 0 Å². The molecule has 0 amide bonds. The van der Waals surface area contributed by atoms with Crippen LogP contribution in [0, 0.1) is 0 Å². The molecule has 42 heavy (non-hydrogen) atoms. The number of fused-ring (bicyclic) bond motifs is 5. The summed E-state index contributed by atoms with van der Waals surface area (Å²) in [6.07, 6.45) is 0. The Labute approximate surface area is 245 Å². The predicted octanol–water partition coefficient (Wildman–Crippen LogP) is 11.8. The van der Waals surface area contributed by atoms with E-state index in [1.807, 2.05) is 0 Å². The third-order valence-corrected chi connectivity index (χ3v) is 9.00. The predicted molar refractivity (Wildman–Crippen MR) is 180 cm³/mol. The highest BCUT2D eigenvalue weighted by molar-refractivity contribution is 6.28. The SMILES string of the molecule is c1ccc(-c2ccc(-c3c4c(c(-c5ccccc5)c5ccccc35)-c3cccc5cccc-4c35)c3ccccc23)cc1. The molecule has 0 atom stereocenters. The molecule has 0 nitrogen and oxygen atoms in total. The summed E-state index contributed by atoms with van der Waals surface area (Å²) in [7, 11) is 0. The molecule has 0 saturated carbocycles. The van der Waals surface area contributed by atoms with Crippen molar-refractivity contribution in [2.75, 3.05) is 0 Å². The first kappa shape index (κ1) is 23.3. The molecule has 0 N–H and O–H groups in total. The highest BCUT2D eigenvalue weighted by Crippen LogP contribution is 2.58. The van der Waals surface area contributed by atoms with Gasteiger partial charge in [-0.1, -0.05) is 158 Å². The minimum absolute atomic E-state index is 1.24. The fraction of sp³-hybridized carbons (Fsp3) is 0. The van der Waals surface area contributed by atoms with Gasteiger partial charge >= 0.3 is 0 Å². The van der Waals surface area contributed by atoms with Gasteiger partial charge in [0.1, 0.15) is 0 Å². The summed E-state index contributed by atoms with van der Waals surface area (Å²) in [6.45, 7) is 0. The van der Waals surface area contributed by atoms with Crippen molar-refractivity contribution in [2.45, 2.75) is 0 Å². The number of hydrogen-bond donors (Lipinski definition) is 0. The molecule has 0 fully saturated rings. The van der Waals surface area contributed by atoms with Crippen molar-refractivity contribution in [3.8, 4) is 55.6 Å². The summed E-state index contributed by atoms with van der Waals surface area (Å²) < 4.78 is 0. The van der Waals surface area contributed by atoms with Gasteiger partial charge in [0, 0.05) is 0 Å². The Kier molecular flexibility index (Phi) is 5.00. The standard InChI is InChI=1S/C42H26/c1-3-13-27(14-4-1)30-25-26-35(32-20-8-7-19-31(30)32)40-34-22-10-9-21-33(34)39(29-15-5-2-6-16-29)41-36-23-11-17-28-18-12-24-37(38(28)36)42(40)41/h1-26H. The molecule has 0 unspecified atom stereocenters. The van der Waals surface area contributed by atoms with E-state index < -0.39 is 0 Å². The zero-order valence-electron chi connectivity index (χ0n) is 23.0. The highest BCUT2D eigenvalue weighted by atomic mass is 14.3. The van der Waals surface area contributed by atoms with Gasteiger partial charge in [0.2, 0.25) is 0 Å². The molecule has 0 bridgehead atoms. The van der Waals surface area contributed by atoms with E-state index in [-0.39, 0.29) is 0 Å². The third kappa shape index (κ3) is 3.24. The molecule has 1 aliphatic rings. The maximum absolute atomic E-state index is 2.36. The van der Waals surface area contributed by atoms with Crippen LogP contribution in [-0.4, -0.2) is 0 Å². The Balaban J connectivity index is 1.49. The third-order valence-electron chi connectivity index (χ3n) is 9.00. The topological polar surface area (TPSA) is 0 Å². The minimum Gasteiger partial charge on any atom is -0.0622 e. The lowest BCUT2D eigenvalue weighted by molar-refractivity contribution is 1.62. The number of rotatable bonds is 3. The summed E-state index contributed by atoms with van der Waals surface area (Å²) in [5.74, 6) is 0. The molecule has 0 heterocycles. The summed E-state index contributed by atoms with van der Waals surface area (Å²) >= 11 is 0. The first-order valence-corrected chi connectivity index (χ1v) is 14.6. The van der Waals surface area contributed by atoms with E-state index >= 15 is 0 Å². The van der Waals surface area contributed by atoms with Gasteiger partial charge in [-0.2, -0.15) is 0 Å².